The number of likely N-dealkylation sites (N-methyl/N-ethyl adjacent to an activating group) is 1. The van der Waals surface area contributed by atoms with Crippen LogP contribution in [0.5, 0.6) is 0 Å². The summed E-state index contributed by atoms with van der Waals surface area (Å²) >= 11 is 0. The van der Waals surface area contributed by atoms with Crippen LogP contribution in [0.25, 0.3) is 0 Å². The Morgan fingerprint density at radius 2 is 1.83 bits per heavy atom. The fourth-order valence-electron chi connectivity index (χ4n) is 2.74. The predicted molar refractivity (Wildman–Crippen MR) is 114 cm³/mol. The maximum Gasteiger partial charge on any atom is 0.255 e. The number of sulfonamides is 1. The van der Waals surface area contributed by atoms with E-state index in [1.807, 2.05) is 13.8 Å². The molecule has 8 nitrogen and oxygen atoms in total. The number of amides is 1. The summed E-state index contributed by atoms with van der Waals surface area (Å²) in [4.78, 5) is 14.9. The van der Waals surface area contributed by atoms with Gasteiger partial charge in [-0.25, -0.2) is 13.1 Å². The normalized spacial score (nSPS) is 12.9. The van der Waals surface area contributed by atoms with E-state index < -0.39 is 10.0 Å². The molecule has 2 rings (SSSR count). The fraction of sp³-hybridized carbons (Fsp3) is 0.500. The van der Waals surface area contributed by atoms with E-state index in [1.54, 1.807) is 17.1 Å². The quantitative estimate of drug-likeness (QED) is 0.581. The maximum atomic E-state index is 12.4. The summed E-state index contributed by atoms with van der Waals surface area (Å²) in [6.07, 6.45) is 4.09. The lowest BCUT2D eigenvalue weighted by Crippen LogP contribution is -2.32. The van der Waals surface area contributed by atoms with Gasteiger partial charge < -0.3 is 10.2 Å². The fourth-order valence-corrected chi connectivity index (χ4v) is 4.07. The van der Waals surface area contributed by atoms with Gasteiger partial charge in [-0.2, -0.15) is 5.10 Å². The third-order valence-corrected chi connectivity index (χ3v) is 6.43. The molecule has 0 fully saturated rings. The van der Waals surface area contributed by atoms with Crippen LogP contribution in [-0.2, 0) is 16.6 Å². The summed E-state index contributed by atoms with van der Waals surface area (Å²) in [5.74, 6) is -0.313. The van der Waals surface area contributed by atoms with Crippen molar-refractivity contribution in [2.75, 3.05) is 25.0 Å². The standard InChI is InChI=1S/C20H31N5O3S/c1-5-16(4)23-29(27,28)19-10-8-17(9-11-19)20(26)22-18-14-21-25(15-18)13-12-24(6-2)7-3/h8-11,14-16,23H,5-7,12-13H2,1-4H3,(H,22,26). The Morgan fingerprint density at radius 3 is 2.41 bits per heavy atom. The van der Waals surface area contributed by atoms with Gasteiger partial charge >= 0.3 is 0 Å². The summed E-state index contributed by atoms with van der Waals surface area (Å²) in [6, 6.07) is 5.73. The highest BCUT2D eigenvalue weighted by Crippen LogP contribution is 2.14. The van der Waals surface area contributed by atoms with E-state index in [-0.39, 0.29) is 16.8 Å². The van der Waals surface area contributed by atoms with Crippen LogP contribution in [0, 0.1) is 0 Å². The molecule has 160 valence electrons. The van der Waals surface area contributed by atoms with Crippen molar-refractivity contribution in [3.63, 3.8) is 0 Å². The summed E-state index contributed by atoms with van der Waals surface area (Å²) in [5.41, 5.74) is 0.980. The Labute approximate surface area is 173 Å². The summed E-state index contributed by atoms with van der Waals surface area (Å²) < 4.78 is 29.0. The number of hydrogen-bond acceptors (Lipinski definition) is 5. The van der Waals surface area contributed by atoms with E-state index in [0.29, 0.717) is 17.7 Å². The lowest BCUT2D eigenvalue weighted by atomic mass is 10.2. The SMILES string of the molecule is CCC(C)NS(=O)(=O)c1ccc(C(=O)Nc2cnn(CCN(CC)CC)c2)cc1. The Balaban J connectivity index is 1.98. The van der Waals surface area contributed by atoms with E-state index in [9.17, 15) is 13.2 Å². The molecule has 0 spiro atoms. The maximum absolute atomic E-state index is 12.4. The molecule has 0 aliphatic carbocycles. The van der Waals surface area contributed by atoms with Crippen molar-refractivity contribution < 1.29 is 13.2 Å². The van der Waals surface area contributed by atoms with Crippen LogP contribution in [0.1, 0.15) is 44.5 Å². The molecular weight excluding hydrogens is 390 g/mol. The Morgan fingerprint density at radius 1 is 1.17 bits per heavy atom. The number of carbonyl (C=O) groups is 1. The second kappa shape index (κ2) is 10.5. The van der Waals surface area contributed by atoms with Gasteiger partial charge in [0, 0.05) is 24.3 Å². The monoisotopic (exact) mass is 421 g/mol. The molecule has 0 radical (unpaired) electrons. The minimum absolute atomic E-state index is 0.138. The van der Waals surface area contributed by atoms with E-state index in [2.05, 4.69) is 33.9 Å². The van der Waals surface area contributed by atoms with E-state index in [1.165, 1.54) is 24.3 Å². The molecule has 29 heavy (non-hydrogen) atoms. The number of anilines is 1. The van der Waals surface area contributed by atoms with Gasteiger partial charge in [-0.05, 0) is 50.7 Å². The minimum Gasteiger partial charge on any atom is -0.319 e. The molecule has 1 atom stereocenters. The molecule has 0 aliphatic rings. The molecule has 1 unspecified atom stereocenters. The third-order valence-electron chi connectivity index (χ3n) is 4.83. The first-order chi connectivity index (χ1) is 13.8. The van der Waals surface area contributed by atoms with Crippen LogP contribution in [0.3, 0.4) is 0 Å². The minimum atomic E-state index is -3.59. The number of carbonyl (C=O) groups excluding carboxylic acids is 1. The summed E-state index contributed by atoms with van der Waals surface area (Å²) in [5, 5.41) is 7.07. The first kappa shape index (κ1) is 23.1. The predicted octanol–water partition coefficient (Wildman–Crippen LogP) is 2.55. The summed E-state index contributed by atoms with van der Waals surface area (Å²) in [6.45, 7) is 11.6. The zero-order valence-corrected chi connectivity index (χ0v) is 18.4. The number of rotatable bonds is 11. The molecule has 1 aromatic heterocycles. The van der Waals surface area contributed by atoms with Crippen LogP contribution in [0.2, 0.25) is 0 Å². The molecule has 1 heterocycles. The first-order valence-corrected chi connectivity index (χ1v) is 11.5. The largest absolute Gasteiger partial charge is 0.319 e. The van der Waals surface area contributed by atoms with Crippen molar-refractivity contribution in [2.24, 2.45) is 0 Å². The van der Waals surface area contributed by atoms with Crippen LogP contribution >= 0.6 is 0 Å². The first-order valence-electron chi connectivity index (χ1n) is 9.97. The van der Waals surface area contributed by atoms with Gasteiger partial charge in [-0.3, -0.25) is 9.48 Å². The topological polar surface area (TPSA) is 96.3 Å². The number of nitrogens with zero attached hydrogens (tertiary/aromatic N) is 3. The second-order valence-electron chi connectivity index (χ2n) is 6.93. The molecule has 0 saturated heterocycles. The highest BCUT2D eigenvalue weighted by atomic mass is 32.2. The van der Waals surface area contributed by atoms with E-state index >= 15 is 0 Å². The van der Waals surface area contributed by atoms with Crippen LogP contribution < -0.4 is 10.0 Å². The molecule has 1 amide bonds. The van der Waals surface area contributed by atoms with Crippen molar-refractivity contribution in [3.8, 4) is 0 Å². The van der Waals surface area contributed by atoms with Gasteiger partial charge in [-0.15, -0.1) is 0 Å². The highest BCUT2D eigenvalue weighted by Gasteiger charge is 2.17. The lowest BCUT2D eigenvalue weighted by molar-refractivity contribution is 0.102. The Kier molecular flexibility index (Phi) is 8.36. The van der Waals surface area contributed by atoms with Crippen LogP contribution in [0.15, 0.2) is 41.6 Å². The van der Waals surface area contributed by atoms with Gasteiger partial charge in [0.25, 0.3) is 5.91 Å². The highest BCUT2D eigenvalue weighted by molar-refractivity contribution is 7.89. The zero-order valence-electron chi connectivity index (χ0n) is 17.6. The average molecular weight is 422 g/mol. The van der Waals surface area contributed by atoms with Gasteiger partial charge in [0.2, 0.25) is 10.0 Å². The van der Waals surface area contributed by atoms with Crippen LogP contribution in [0.4, 0.5) is 5.69 Å². The number of benzene rings is 1. The molecule has 0 saturated carbocycles. The second-order valence-corrected chi connectivity index (χ2v) is 8.64. The zero-order chi connectivity index (χ0) is 21.4. The van der Waals surface area contributed by atoms with Crippen molar-refractivity contribution in [2.45, 2.75) is 51.6 Å². The van der Waals surface area contributed by atoms with Gasteiger partial charge in [0.15, 0.2) is 0 Å². The van der Waals surface area contributed by atoms with Gasteiger partial charge in [0.1, 0.15) is 0 Å². The van der Waals surface area contributed by atoms with Crippen molar-refractivity contribution in [1.29, 1.82) is 0 Å². The third kappa shape index (κ3) is 6.66. The van der Waals surface area contributed by atoms with Crippen molar-refractivity contribution in [1.82, 2.24) is 19.4 Å². The number of hydrogen-bond donors (Lipinski definition) is 2. The van der Waals surface area contributed by atoms with Gasteiger partial charge in [0.05, 0.1) is 23.3 Å². The Hall–Kier alpha value is -2.23. The van der Waals surface area contributed by atoms with Crippen molar-refractivity contribution in [3.05, 3.63) is 42.2 Å². The molecule has 2 N–H and O–H groups in total. The summed E-state index contributed by atoms with van der Waals surface area (Å²) in [7, 11) is -3.59. The molecule has 2 aromatic rings. The lowest BCUT2D eigenvalue weighted by Gasteiger charge is -2.17. The number of nitrogens with one attached hydrogen (secondary N) is 2. The molecular formula is C20H31N5O3S. The van der Waals surface area contributed by atoms with Gasteiger partial charge in [-0.1, -0.05) is 20.8 Å². The Bertz CT molecular complexity index is 889. The van der Waals surface area contributed by atoms with Crippen LogP contribution in [-0.4, -0.2) is 54.7 Å². The smallest absolute Gasteiger partial charge is 0.255 e. The molecule has 1 aromatic carbocycles. The molecule has 0 bridgehead atoms. The molecule has 0 aliphatic heterocycles. The number of aromatic nitrogens is 2. The average Bonchev–Trinajstić information content (AvgIpc) is 3.15. The van der Waals surface area contributed by atoms with Crippen molar-refractivity contribution >= 4 is 21.6 Å². The van der Waals surface area contributed by atoms with E-state index in [4.69, 9.17) is 0 Å². The van der Waals surface area contributed by atoms with E-state index in [0.717, 1.165) is 26.2 Å². The molecule has 9 heteroatoms.